The lowest BCUT2D eigenvalue weighted by Crippen LogP contribution is -2.47. The zero-order chi connectivity index (χ0) is 18.9. The van der Waals surface area contributed by atoms with Gasteiger partial charge in [-0.05, 0) is 6.92 Å². The summed E-state index contributed by atoms with van der Waals surface area (Å²) in [5.41, 5.74) is 0. The lowest BCUT2D eigenvalue weighted by atomic mass is 10.0. The number of ether oxygens (including phenoxy) is 3. The number of aliphatic hydroxyl groups is 6. The first-order valence-corrected chi connectivity index (χ1v) is 7.40. The Kier molecular flexibility index (Phi) is 11.5. The summed E-state index contributed by atoms with van der Waals surface area (Å²) in [5, 5.41) is 54.1. The molecule has 8 atom stereocenters. The Morgan fingerprint density at radius 2 is 1.79 bits per heavy atom. The van der Waals surface area contributed by atoms with Crippen molar-refractivity contribution in [1.82, 2.24) is 0 Å². The molecule has 0 aromatic carbocycles. The van der Waals surface area contributed by atoms with Crippen molar-refractivity contribution in [1.29, 1.82) is 0 Å². The molecule has 1 unspecified atom stereocenters. The first-order valence-electron chi connectivity index (χ1n) is 7.40. The Balaban J connectivity index is 0.000000446. The summed E-state index contributed by atoms with van der Waals surface area (Å²) in [4.78, 5) is 10.3. The third-order valence-corrected chi connectivity index (χ3v) is 3.64. The van der Waals surface area contributed by atoms with Gasteiger partial charge in [0.15, 0.2) is 12.6 Å². The van der Waals surface area contributed by atoms with Crippen molar-refractivity contribution in [3.63, 3.8) is 0 Å². The van der Waals surface area contributed by atoms with Crippen LogP contribution in [-0.4, -0.2) is 107 Å². The Morgan fingerprint density at radius 1 is 1.21 bits per heavy atom. The molecule has 24 heavy (non-hydrogen) atoms. The van der Waals surface area contributed by atoms with E-state index in [1.165, 1.54) is 14.2 Å². The Hall–Kier alpha value is -0.690. The van der Waals surface area contributed by atoms with E-state index in [9.17, 15) is 15.0 Å². The summed E-state index contributed by atoms with van der Waals surface area (Å²) < 4.78 is 14.4. The monoisotopic (exact) mass is 356 g/mol. The van der Waals surface area contributed by atoms with Crippen molar-refractivity contribution in [2.45, 2.75) is 62.4 Å². The molecule has 0 aromatic rings. The molecule has 1 rings (SSSR count). The fraction of sp³-hybridized carbons (Fsp3) is 0.929. The zero-order valence-corrected chi connectivity index (χ0v) is 13.9. The third-order valence-electron chi connectivity index (χ3n) is 3.64. The van der Waals surface area contributed by atoms with Crippen LogP contribution in [0.15, 0.2) is 0 Å². The third kappa shape index (κ3) is 7.05. The normalized spacial score (nSPS) is 32.0. The van der Waals surface area contributed by atoms with Crippen LogP contribution < -0.4 is 0 Å². The van der Waals surface area contributed by atoms with Gasteiger partial charge in [0, 0.05) is 20.6 Å². The fourth-order valence-corrected chi connectivity index (χ4v) is 2.07. The van der Waals surface area contributed by atoms with E-state index in [0.29, 0.717) is 12.7 Å². The molecule has 0 aliphatic carbocycles. The van der Waals surface area contributed by atoms with E-state index in [1.807, 2.05) is 0 Å². The molecule has 1 aliphatic rings. The molecule has 0 amide bonds. The molecule has 1 fully saturated rings. The minimum absolute atomic E-state index is 0.304. The summed E-state index contributed by atoms with van der Waals surface area (Å²) in [7, 11) is 2.69. The number of methoxy groups -OCH3 is 2. The van der Waals surface area contributed by atoms with Gasteiger partial charge < -0.3 is 49.6 Å². The van der Waals surface area contributed by atoms with Crippen LogP contribution >= 0.6 is 0 Å². The van der Waals surface area contributed by atoms with Gasteiger partial charge in [0.25, 0.3) is 0 Å². The quantitative estimate of drug-likeness (QED) is 0.255. The maximum Gasteiger partial charge on any atom is 0.157 e. The molecule has 6 N–H and O–H groups in total. The van der Waals surface area contributed by atoms with E-state index < -0.39 is 43.4 Å². The summed E-state index contributed by atoms with van der Waals surface area (Å²) >= 11 is 0. The van der Waals surface area contributed by atoms with Gasteiger partial charge in [-0.15, -0.1) is 0 Å². The topological polar surface area (TPSA) is 166 Å². The lowest BCUT2D eigenvalue weighted by molar-refractivity contribution is -0.231. The molecule has 1 saturated heterocycles. The summed E-state index contributed by atoms with van der Waals surface area (Å²) in [5.74, 6) is 0. The second-order valence-corrected chi connectivity index (χ2v) is 5.36. The van der Waals surface area contributed by atoms with Gasteiger partial charge in [-0.3, -0.25) is 0 Å². The van der Waals surface area contributed by atoms with Gasteiger partial charge in [-0.25, -0.2) is 0 Å². The number of rotatable bonds is 7. The molecule has 1 heterocycles. The van der Waals surface area contributed by atoms with Gasteiger partial charge in [-0.2, -0.15) is 0 Å². The SMILES string of the molecule is CO[C@@H](C=O)[C@@H](O)[C@H](O)[C@H](O)CO.CO[C@@H]1CC(O)O[C@@H](C)[C@H]1O. The second-order valence-electron chi connectivity index (χ2n) is 5.36. The van der Waals surface area contributed by atoms with Crippen molar-refractivity contribution in [2.24, 2.45) is 0 Å². The molecule has 1 aliphatic heterocycles. The van der Waals surface area contributed by atoms with Crippen LogP contribution in [0.1, 0.15) is 13.3 Å². The molecule has 0 spiro atoms. The van der Waals surface area contributed by atoms with Gasteiger partial charge in [0.1, 0.15) is 30.5 Å². The number of hydrogen-bond donors (Lipinski definition) is 6. The molecule has 10 nitrogen and oxygen atoms in total. The number of aliphatic hydroxyl groups excluding tert-OH is 6. The summed E-state index contributed by atoms with van der Waals surface area (Å²) in [6.45, 7) is 1.01. The standard InChI is InChI=1S/C7H14O6.C7H14O4/c1-13-5(3-9)7(12)6(11)4(10)2-8;1-4-7(9)5(10-2)3-6(8)11-4/h3-8,10-12H,2H2,1H3;4-9H,3H2,1-2H3/t4-,5+,6-,7-;4-,5+,6?,7+/m10/s1. The first kappa shape index (κ1) is 23.3. The molecule has 0 bridgehead atoms. The highest BCUT2D eigenvalue weighted by Gasteiger charge is 2.34. The van der Waals surface area contributed by atoms with Crippen molar-refractivity contribution in [3.8, 4) is 0 Å². The number of carbonyl (C=O) groups excluding carboxylic acids is 1. The smallest absolute Gasteiger partial charge is 0.157 e. The maximum absolute atomic E-state index is 10.3. The fourth-order valence-electron chi connectivity index (χ4n) is 2.07. The van der Waals surface area contributed by atoms with Crippen LogP contribution in [0, 0.1) is 0 Å². The van der Waals surface area contributed by atoms with E-state index in [2.05, 4.69) is 4.74 Å². The molecule has 0 saturated carbocycles. The Bertz CT molecular complexity index is 342. The summed E-state index contributed by atoms with van der Waals surface area (Å²) in [6.07, 6.45) is -7.34. The van der Waals surface area contributed by atoms with Crippen molar-refractivity contribution < 1.29 is 49.6 Å². The molecule has 144 valence electrons. The highest BCUT2D eigenvalue weighted by Crippen LogP contribution is 2.20. The Labute approximate surface area is 140 Å². The highest BCUT2D eigenvalue weighted by molar-refractivity contribution is 5.57. The predicted octanol–water partition coefficient (Wildman–Crippen LogP) is -3.24. The average molecular weight is 356 g/mol. The lowest BCUT2D eigenvalue weighted by Gasteiger charge is -2.34. The zero-order valence-electron chi connectivity index (χ0n) is 13.9. The minimum atomic E-state index is -1.61. The van der Waals surface area contributed by atoms with E-state index in [4.69, 9.17) is 29.9 Å². The largest absolute Gasteiger partial charge is 0.394 e. The maximum atomic E-state index is 10.3. The highest BCUT2D eigenvalue weighted by atomic mass is 16.6. The van der Waals surface area contributed by atoms with Crippen molar-refractivity contribution in [3.05, 3.63) is 0 Å². The minimum Gasteiger partial charge on any atom is -0.394 e. The number of hydrogen-bond acceptors (Lipinski definition) is 10. The number of aldehydes is 1. The van der Waals surface area contributed by atoms with Gasteiger partial charge in [0.05, 0.1) is 18.8 Å². The van der Waals surface area contributed by atoms with Crippen LogP contribution in [-0.2, 0) is 19.0 Å². The van der Waals surface area contributed by atoms with Crippen LogP contribution in [0.5, 0.6) is 0 Å². The van der Waals surface area contributed by atoms with E-state index >= 15 is 0 Å². The molecule has 10 heteroatoms. The van der Waals surface area contributed by atoms with Crippen molar-refractivity contribution in [2.75, 3.05) is 20.8 Å². The molecule has 0 aromatic heterocycles. The Morgan fingerprint density at radius 3 is 2.21 bits per heavy atom. The average Bonchev–Trinajstić information content (AvgIpc) is 2.58. The van der Waals surface area contributed by atoms with Gasteiger partial charge in [-0.1, -0.05) is 0 Å². The van der Waals surface area contributed by atoms with E-state index in [-0.39, 0.29) is 12.2 Å². The molecular weight excluding hydrogens is 328 g/mol. The van der Waals surface area contributed by atoms with Crippen LogP contribution in [0.4, 0.5) is 0 Å². The second kappa shape index (κ2) is 11.8. The number of carbonyl (C=O) groups is 1. The predicted molar refractivity (Wildman–Crippen MR) is 79.9 cm³/mol. The van der Waals surface area contributed by atoms with E-state index in [1.54, 1.807) is 6.92 Å². The first-order chi connectivity index (χ1) is 11.2. The molecule has 0 radical (unpaired) electrons. The van der Waals surface area contributed by atoms with Gasteiger partial charge >= 0.3 is 0 Å². The van der Waals surface area contributed by atoms with Crippen molar-refractivity contribution >= 4 is 6.29 Å². The van der Waals surface area contributed by atoms with Crippen LogP contribution in [0.25, 0.3) is 0 Å². The molecular formula is C14H28O10. The van der Waals surface area contributed by atoms with Crippen LogP contribution in [0.2, 0.25) is 0 Å². The van der Waals surface area contributed by atoms with Crippen LogP contribution in [0.3, 0.4) is 0 Å². The van der Waals surface area contributed by atoms with E-state index in [0.717, 1.165) is 0 Å². The van der Waals surface area contributed by atoms with Gasteiger partial charge in [0.2, 0.25) is 0 Å². The summed E-state index contributed by atoms with van der Waals surface area (Å²) in [6, 6.07) is 0.